The Balaban J connectivity index is 2.21. The highest BCUT2D eigenvalue weighted by Crippen LogP contribution is 2.33. The quantitative estimate of drug-likeness (QED) is 0.379. The fraction of sp³-hybridized carbons (Fsp3) is 0.250. The fourth-order valence-electron chi connectivity index (χ4n) is 2.51. The van der Waals surface area contributed by atoms with Crippen molar-refractivity contribution in [2.45, 2.75) is 6.61 Å². The van der Waals surface area contributed by atoms with E-state index in [1.165, 1.54) is 40.6 Å². The van der Waals surface area contributed by atoms with Crippen molar-refractivity contribution in [3.63, 3.8) is 0 Å². The van der Waals surface area contributed by atoms with Crippen molar-refractivity contribution >= 4 is 40.3 Å². The standard InChI is InChI=1S/C20H21NO8S/c1-25-12-7-5-11(14(9-12)26-2)6-8-15(22)29-10-13-16(19(23)27-3)18(21)30-17(13)20(24)28-4/h5-9H,10,21H2,1-4H3/b8-6+. The van der Waals surface area contributed by atoms with Gasteiger partial charge in [-0.1, -0.05) is 0 Å². The summed E-state index contributed by atoms with van der Waals surface area (Å²) in [4.78, 5) is 36.3. The number of benzene rings is 1. The van der Waals surface area contributed by atoms with Gasteiger partial charge >= 0.3 is 17.9 Å². The molecular formula is C20H21NO8S. The second-order valence-corrected chi connectivity index (χ2v) is 6.73. The van der Waals surface area contributed by atoms with E-state index in [-0.39, 0.29) is 27.6 Å². The maximum Gasteiger partial charge on any atom is 0.348 e. The molecule has 0 atom stereocenters. The molecule has 0 spiro atoms. The van der Waals surface area contributed by atoms with Crippen LogP contribution in [0.4, 0.5) is 5.00 Å². The summed E-state index contributed by atoms with van der Waals surface area (Å²) in [5.41, 5.74) is 6.56. The molecule has 1 aromatic heterocycles. The molecule has 2 aromatic rings. The smallest absolute Gasteiger partial charge is 0.348 e. The van der Waals surface area contributed by atoms with Crippen LogP contribution in [0.3, 0.4) is 0 Å². The number of ether oxygens (including phenoxy) is 5. The SMILES string of the molecule is COC(=O)c1sc(N)c(C(=O)OC)c1COC(=O)/C=C/c1ccc(OC)cc1OC. The van der Waals surface area contributed by atoms with Crippen molar-refractivity contribution in [2.75, 3.05) is 34.2 Å². The summed E-state index contributed by atoms with van der Waals surface area (Å²) in [7, 11) is 5.40. The molecule has 0 saturated heterocycles. The van der Waals surface area contributed by atoms with Crippen LogP contribution in [0.15, 0.2) is 24.3 Å². The number of nitrogens with two attached hydrogens (primary N) is 1. The fourth-order valence-corrected chi connectivity index (χ4v) is 3.49. The van der Waals surface area contributed by atoms with Gasteiger partial charge in [0.2, 0.25) is 0 Å². The molecular weight excluding hydrogens is 414 g/mol. The highest BCUT2D eigenvalue weighted by atomic mass is 32.1. The zero-order valence-corrected chi connectivity index (χ0v) is 17.7. The number of carbonyl (C=O) groups excluding carboxylic acids is 3. The number of anilines is 1. The number of hydrogen-bond donors (Lipinski definition) is 1. The molecule has 10 heteroatoms. The predicted molar refractivity (Wildman–Crippen MR) is 110 cm³/mol. The van der Waals surface area contributed by atoms with E-state index in [2.05, 4.69) is 0 Å². The minimum absolute atomic E-state index is 0.0310. The second kappa shape index (κ2) is 10.3. The van der Waals surface area contributed by atoms with Crippen LogP contribution in [0, 0.1) is 0 Å². The van der Waals surface area contributed by atoms with E-state index < -0.39 is 17.9 Å². The number of thiophene rings is 1. The number of rotatable bonds is 8. The lowest BCUT2D eigenvalue weighted by molar-refractivity contribution is -0.138. The molecule has 0 aliphatic heterocycles. The van der Waals surface area contributed by atoms with Crippen molar-refractivity contribution in [1.29, 1.82) is 0 Å². The number of methoxy groups -OCH3 is 4. The van der Waals surface area contributed by atoms with Crippen molar-refractivity contribution < 1.29 is 38.1 Å². The van der Waals surface area contributed by atoms with E-state index in [4.69, 9.17) is 29.4 Å². The average Bonchev–Trinajstić information content (AvgIpc) is 3.10. The Kier molecular flexibility index (Phi) is 7.82. The van der Waals surface area contributed by atoms with Gasteiger partial charge in [-0.15, -0.1) is 11.3 Å². The molecule has 0 bridgehead atoms. The second-order valence-electron chi connectivity index (χ2n) is 5.68. The van der Waals surface area contributed by atoms with E-state index in [0.717, 1.165) is 11.3 Å². The van der Waals surface area contributed by atoms with Gasteiger partial charge in [-0.3, -0.25) is 0 Å². The van der Waals surface area contributed by atoms with Gasteiger partial charge < -0.3 is 29.4 Å². The zero-order chi connectivity index (χ0) is 22.3. The first-order valence-corrected chi connectivity index (χ1v) is 9.32. The third-order valence-corrected chi connectivity index (χ3v) is 5.03. The van der Waals surface area contributed by atoms with Gasteiger partial charge in [-0.05, 0) is 18.2 Å². The molecule has 30 heavy (non-hydrogen) atoms. The number of nitrogen functional groups attached to an aromatic ring is 1. The van der Waals surface area contributed by atoms with Gasteiger partial charge in [0, 0.05) is 23.3 Å². The molecule has 1 aromatic carbocycles. The first-order chi connectivity index (χ1) is 14.4. The molecule has 1 heterocycles. The maximum absolute atomic E-state index is 12.2. The van der Waals surface area contributed by atoms with Gasteiger partial charge in [0.05, 0.1) is 28.4 Å². The van der Waals surface area contributed by atoms with Gasteiger partial charge in [0.25, 0.3) is 0 Å². The van der Waals surface area contributed by atoms with Crippen molar-refractivity contribution in [3.8, 4) is 11.5 Å². The van der Waals surface area contributed by atoms with Gasteiger partial charge in [0.1, 0.15) is 33.5 Å². The largest absolute Gasteiger partial charge is 0.497 e. The van der Waals surface area contributed by atoms with Crippen LogP contribution >= 0.6 is 11.3 Å². The Morgan fingerprint density at radius 1 is 1.03 bits per heavy atom. The molecule has 0 aliphatic rings. The monoisotopic (exact) mass is 435 g/mol. The molecule has 0 aliphatic carbocycles. The minimum Gasteiger partial charge on any atom is -0.497 e. The molecule has 2 rings (SSSR count). The van der Waals surface area contributed by atoms with Crippen LogP contribution in [-0.4, -0.2) is 46.3 Å². The Morgan fingerprint density at radius 2 is 1.73 bits per heavy atom. The average molecular weight is 435 g/mol. The normalized spacial score (nSPS) is 10.5. The topological polar surface area (TPSA) is 123 Å². The molecule has 0 saturated carbocycles. The first-order valence-electron chi connectivity index (χ1n) is 8.50. The Hall–Kier alpha value is -3.53. The summed E-state index contributed by atoms with van der Waals surface area (Å²) in [5, 5.41) is 0.0619. The van der Waals surface area contributed by atoms with E-state index in [0.29, 0.717) is 17.1 Å². The van der Waals surface area contributed by atoms with E-state index >= 15 is 0 Å². The van der Waals surface area contributed by atoms with Crippen LogP contribution in [0.2, 0.25) is 0 Å². The van der Waals surface area contributed by atoms with Gasteiger partial charge in [0.15, 0.2) is 0 Å². The van der Waals surface area contributed by atoms with Crippen molar-refractivity contribution in [2.24, 2.45) is 0 Å². The van der Waals surface area contributed by atoms with Crippen LogP contribution < -0.4 is 15.2 Å². The van der Waals surface area contributed by atoms with E-state index in [1.54, 1.807) is 18.2 Å². The third-order valence-electron chi connectivity index (χ3n) is 3.99. The summed E-state index contributed by atoms with van der Waals surface area (Å²) in [5.74, 6) is -1.04. The maximum atomic E-state index is 12.2. The van der Waals surface area contributed by atoms with E-state index in [9.17, 15) is 14.4 Å². The molecule has 160 valence electrons. The van der Waals surface area contributed by atoms with Gasteiger partial charge in [-0.25, -0.2) is 14.4 Å². The third kappa shape index (κ3) is 5.09. The summed E-state index contributed by atoms with van der Waals surface area (Å²) < 4.78 is 25.0. The summed E-state index contributed by atoms with van der Waals surface area (Å²) >= 11 is 0.852. The summed E-state index contributed by atoms with van der Waals surface area (Å²) in [6, 6.07) is 5.10. The van der Waals surface area contributed by atoms with Gasteiger partial charge in [-0.2, -0.15) is 0 Å². The van der Waals surface area contributed by atoms with Crippen molar-refractivity contribution in [1.82, 2.24) is 0 Å². The molecule has 0 amide bonds. The Morgan fingerprint density at radius 3 is 2.33 bits per heavy atom. The number of esters is 3. The van der Waals surface area contributed by atoms with E-state index in [1.807, 2.05) is 0 Å². The molecule has 0 fully saturated rings. The number of hydrogen-bond acceptors (Lipinski definition) is 10. The zero-order valence-electron chi connectivity index (χ0n) is 16.8. The van der Waals surface area contributed by atoms with Crippen LogP contribution in [0.1, 0.15) is 31.2 Å². The molecule has 9 nitrogen and oxygen atoms in total. The molecule has 0 radical (unpaired) electrons. The Labute approximate surface area is 176 Å². The highest BCUT2D eigenvalue weighted by molar-refractivity contribution is 7.18. The lowest BCUT2D eigenvalue weighted by Crippen LogP contribution is -2.11. The predicted octanol–water partition coefficient (Wildman–Crippen LogP) is 2.68. The van der Waals surface area contributed by atoms with Crippen LogP contribution in [0.5, 0.6) is 11.5 Å². The first kappa shape index (κ1) is 22.8. The minimum atomic E-state index is -0.747. The lowest BCUT2D eigenvalue weighted by atomic mass is 10.1. The highest BCUT2D eigenvalue weighted by Gasteiger charge is 2.27. The lowest BCUT2D eigenvalue weighted by Gasteiger charge is -2.08. The van der Waals surface area contributed by atoms with Crippen LogP contribution in [-0.2, 0) is 25.6 Å². The van der Waals surface area contributed by atoms with Crippen molar-refractivity contribution in [3.05, 3.63) is 45.8 Å². The molecule has 0 unspecified atom stereocenters. The van der Waals surface area contributed by atoms with Crippen LogP contribution in [0.25, 0.3) is 6.08 Å². The summed E-state index contributed by atoms with van der Waals surface area (Å²) in [6.45, 7) is -0.370. The molecule has 2 N–H and O–H groups in total. The summed E-state index contributed by atoms with van der Waals surface area (Å²) in [6.07, 6.45) is 2.70. The Bertz CT molecular complexity index is 979. The number of carbonyl (C=O) groups is 3.